The molecule has 1 aliphatic rings. The van der Waals surface area contributed by atoms with Crippen LogP contribution in [0.15, 0.2) is 53.7 Å². The molecule has 1 aromatic carbocycles. The average Bonchev–Trinajstić information content (AvgIpc) is 2.70. The molecule has 0 saturated carbocycles. The van der Waals surface area contributed by atoms with Gasteiger partial charge in [-0.05, 0) is 55.1 Å². The molecule has 0 amide bonds. The average molecular weight is 493 g/mol. The van der Waals surface area contributed by atoms with Crippen molar-refractivity contribution in [1.29, 1.82) is 0 Å². The predicted octanol–water partition coefficient (Wildman–Crippen LogP) is 3.58. The van der Waals surface area contributed by atoms with Crippen LogP contribution < -0.4 is 11.1 Å². The molecule has 0 aliphatic carbocycles. The van der Waals surface area contributed by atoms with E-state index in [0.29, 0.717) is 12.5 Å². The lowest BCUT2D eigenvalue weighted by atomic mass is 9.98. The number of piperidine rings is 1. The van der Waals surface area contributed by atoms with Gasteiger partial charge < -0.3 is 11.1 Å². The van der Waals surface area contributed by atoms with E-state index < -0.39 is 0 Å². The number of hydrogen-bond acceptors (Lipinski definition) is 3. The third kappa shape index (κ3) is 7.39. The van der Waals surface area contributed by atoms with Crippen molar-refractivity contribution < 1.29 is 0 Å². The fourth-order valence-corrected chi connectivity index (χ4v) is 3.42. The van der Waals surface area contributed by atoms with Gasteiger partial charge in [0.15, 0.2) is 5.96 Å². The van der Waals surface area contributed by atoms with Gasteiger partial charge in [0.05, 0.1) is 6.54 Å². The molecule has 28 heavy (non-hydrogen) atoms. The smallest absolute Gasteiger partial charge is 0.188 e. The zero-order chi connectivity index (χ0) is 18.9. The molecule has 6 heteroatoms. The largest absolute Gasteiger partial charge is 0.370 e. The second kappa shape index (κ2) is 12.0. The fourth-order valence-electron chi connectivity index (χ4n) is 3.42. The van der Waals surface area contributed by atoms with Crippen molar-refractivity contribution in [2.75, 3.05) is 19.6 Å². The Labute approximate surface area is 185 Å². The molecule has 1 saturated heterocycles. The van der Waals surface area contributed by atoms with E-state index in [0.717, 1.165) is 31.1 Å². The number of pyridine rings is 1. The molecular formula is C22H32IN5. The van der Waals surface area contributed by atoms with E-state index in [1.165, 1.54) is 37.1 Å². The Bertz CT molecular complexity index is 727. The first-order valence-corrected chi connectivity index (χ1v) is 9.93. The summed E-state index contributed by atoms with van der Waals surface area (Å²) in [6.45, 7) is 7.09. The maximum atomic E-state index is 6.04. The molecule has 0 radical (unpaired) electrons. The highest BCUT2D eigenvalue weighted by atomic mass is 127. The standard InChI is InChI=1S/C22H31N5.HI/c1-18-10-14-27(15-11-18)17-20-7-3-2-6-19(20)16-26-22(23)25-13-9-21-8-4-5-12-24-21;/h2-8,12,18H,9-11,13-17H2,1H3,(H3,23,25,26);1H. The number of benzene rings is 1. The van der Waals surface area contributed by atoms with Crippen LogP contribution in [0.2, 0.25) is 0 Å². The van der Waals surface area contributed by atoms with Crippen molar-refractivity contribution in [3.05, 3.63) is 65.5 Å². The quantitative estimate of drug-likeness (QED) is 0.352. The highest BCUT2D eigenvalue weighted by Crippen LogP contribution is 2.20. The predicted molar refractivity (Wildman–Crippen MR) is 127 cm³/mol. The van der Waals surface area contributed by atoms with Crippen molar-refractivity contribution in [3.8, 4) is 0 Å². The molecule has 0 spiro atoms. The van der Waals surface area contributed by atoms with Crippen molar-refractivity contribution in [2.24, 2.45) is 16.6 Å². The third-order valence-corrected chi connectivity index (χ3v) is 5.22. The van der Waals surface area contributed by atoms with Gasteiger partial charge in [-0.1, -0.05) is 37.3 Å². The summed E-state index contributed by atoms with van der Waals surface area (Å²) >= 11 is 0. The highest BCUT2D eigenvalue weighted by Gasteiger charge is 2.16. The van der Waals surface area contributed by atoms with E-state index in [1.54, 1.807) is 0 Å². The summed E-state index contributed by atoms with van der Waals surface area (Å²) in [4.78, 5) is 11.4. The number of nitrogens with one attached hydrogen (secondary N) is 1. The molecule has 3 rings (SSSR count). The van der Waals surface area contributed by atoms with Crippen LogP contribution in [0.25, 0.3) is 0 Å². The number of nitrogens with two attached hydrogens (primary N) is 1. The molecule has 5 nitrogen and oxygen atoms in total. The maximum Gasteiger partial charge on any atom is 0.188 e. The van der Waals surface area contributed by atoms with Crippen molar-refractivity contribution in [2.45, 2.75) is 39.3 Å². The van der Waals surface area contributed by atoms with Crippen molar-refractivity contribution in [1.82, 2.24) is 15.2 Å². The lowest BCUT2D eigenvalue weighted by molar-refractivity contribution is 0.185. The lowest BCUT2D eigenvalue weighted by Crippen LogP contribution is -2.33. The second-order valence-corrected chi connectivity index (χ2v) is 7.43. The van der Waals surface area contributed by atoms with E-state index in [-0.39, 0.29) is 24.0 Å². The van der Waals surface area contributed by atoms with Crippen molar-refractivity contribution in [3.63, 3.8) is 0 Å². The molecule has 2 aromatic rings. The zero-order valence-corrected chi connectivity index (χ0v) is 19.0. The van der Waals surface area contributed by atoms with Crippen LogP contribution in [-0.2, 0) is 19.5 Å². The number of guanidine groups is 1. The van der Waals surface area contributed by atoms with Gasteiger partial charge in [0.25, 0.3) is 0 Å². The number of likely N-dealkylation sites (tertiary alicyclic amines) is 1. The summed E-state index contributed by atoms with van der Waals surface area (Å²) in [6, 6.07) is 14.5. The molecule has 1 aromatic heterocycles. The van der Waals surface area contributed by atoms with E-state index in [4.69, 9.17) is 5.73 Å². The SMILES string of the molecule is CC1CCN(Cc2ccccc2CN=C(N)NCCc2ccccn2)CC1.I. The topological polar surface area (TPSA) is 66.5 Å². The number of hydrogen-bond donors (Lipinski definition) is 2. The Morgan fingerprint density at radius 2 is 1.86 bits per heavy atom. The first-order chi connectivity index (χ1) is 13.2. The molecule has 0 atom stereocenters. The van der Waals surface area contributed by atoms with Crippen molar-refractivity contribution >= 4 is 29.9 Å². The van der Waals surface area contributed by atoms with E-state index in [2.05, 4.69) is 51.4 Å². The van der Waals surface area contributed by atoms with Gasteiger partial charge >= 0.3 is 0 Å². The minimum atomic E-state index is 0. The zero-order valence-electron chi connectivity index (χ0n) is 16.7. The number of rotatable bonds is 7. The van der Waals surface area contributed by atoms with E-state index >= 15 is 0 Å². The number of halogens is 1. The Hall–Kier alpha value is -1.67. The van der Waals surface area contributed by atoms with Crippen LogP contribution >= 0.6 is 24.0 Å². The summed E-state index contributed by atoms with van der Waals surface area (Å²) in [5, 5.41) is 3.18. The number of aliphatic imine (C=N–C) groups is 1. The van der Waals surface area contributed by atoms with E-state index in [1.807, 2.05) is 24.4 Å². The molecule has 0 bridgehead atoms. The van der Waals surface area contributed by atoms with Crippen LogP contribution in [0.1, 0.15) is 36.6 Å². The van der Waals surface area contributed by atoms with Gasteiger partial charge in [-0.25, -0.2) is 4.99 Å². The summed E-state index contributed by atoms with van der Waals surface area (Å²) in [5.74, 6) is 1.35. The maximum absolute atomic E-state index is 6.04. The first kappa shape index (κ1) is 22.6. The minimum absolute atomic E-state index is 0. The Balaban J connectivity index is 0.00000280. The molecule has 0 unspecified atom stereocenters. The van der Waals surface area contributed by atoms with Gasteiger partial charge in [-0.15, -0.1) is 24.0 Å². The van der Waals surface area contributed by atoms with Crippen LogP contribution in [0, 0.1) is 5.92 Å². The van der Waals surface area contributed by atoms with Gasteiger partial charge in [-0.2, -0.15) is 0 Å². The monoisotopic (exact) mass is 493 g/mol. The summed E-state index contributed by atoms with van der Waals surface area (Å²) in [6.07, 6.45) is 5.24. The van der Waals surface area contributed by atoms with Gasteiger partial charge in [0.2, 0.25) is 0 Å². The summed E-state index contributed by atoms with van der Waals surface area (Å²) < 4.78 is 0. The number of aromatic nitrogens is 1. The van der Waals surface area contributed by atoms with E-state index in [9.17, 15) is 0 Å². The minimum Gasteiger partial charge on any atom is -0.370 e. The Morgan fingerprint density at radius 1 is 1.14 bits per heavy atom. The van der Waals surface area contributed by atoms with Crippen LogP contribution in [0.4, 0.5) is 0 Å². The third-order valence-electron chi connectivity index (χ3n) is 5.22. The molecule has 2 heterocycles. The van der Waals surface area contributed by atoms with Crippen LogP contribution in [-0.4, -0.2) is 35.5 Å². The van der Waals surface area contributed by atoms with Gasteiger partial charge in [0, 0.05) is 31.4 Å². The normalized spacial score (nSPS) is 15.8. The highest BCUT2D eigenvalue weighted by molar-refractivity contribution is 14.0. The first-order valence-electron chi connectivity index (χ1n) is 9.93. The molecule has 1 fully saturated rings. The Morgan fingerprint density at radius 3 is 2.57 bits per heavy atom. The Kier molecular flexibility index (Phi) is 9.70. The second-order valence-electron chi connectivity index (χ2n) is 7.43. The molecule has 3 N–H and O–H groups in total. The van der Waals surface area contributed by atoms with Crippen LogP contribution in [0.3, 0.4) is 0 Å². The molecule has 1 aliphatic heterocycles. The lowest BCUT2D eigenvalue weighted by Gasteiger charge is -2.30. The molecule has 152 valence electrons. The van der Waals surface area contributed by atoms with Crippen LogP contribution in [0.5, 0.6) is 0 Å². The van der Waals surface area contributed by atoms with Gasteiger partial charge in [-0.3, -0.25) is 9.88 Å². The summed E-state index contributed by atoms with van der Waals surface area (Å²) in [7, 11) is 0. The van der Waals surface area contributed by atoms with Gasteiger partial charge in [0.1, 0.15) is 0 Å². The number of nitrogens with zero attached hydrogens (tertiary/aromatic N) is 3. The molecular weight excluding hydrogens is 461 g/mol. The summed E-state index contributed by atoms with van der Waals surface area (Å²) in [5.41, 5.74) is 9.71. The fraction of sp³-hybridized carbons (Fsp3) is 0.455.